The molecule has 0 aliphatic carbocycles. The number of nitrogens with one attached hydrogen (secondary N) is 1. The Bertz CT molecular complexity index is 361. The molecule has 5 heteroatoms. The molecule has 1 aromatic heterocycles. The van der Waals surface area contributed by atoms with E-state index in [1.807, 2.05) is 31.7 Å². The third-order valence-electron chi connectivity index (χ3n) is 2.68. The Labute approximate surface area is 120 Å². The number of anilines is 1. The molecular formula is C14H25N3OS. The summed E-state index contributed by atoms with van der Waals surface area (Å²) in [4.78, 5) is 8.68. The number of ether oxygens (including phenoxy) is 1. The van der Waals surface area contributed by atoms with E-state index in [-0.39, 0.29) is 0 Å². The number of aryl methyl sites for hydroxylation is 1. The highest BCUT2D eigenvalue weighted by Gasteiger charge is 2.02. The zero-order chi connectivity index (χ0) is 13.9. The van der Waals surface area contributed by atoms with Crippen LogP contribution in [0.3, 0.4) is 0 Å². The van der Waals surface area contributed by atoms with Gasteiger partial charge in [-0.2, -0.15) is 16.7 Å². The number of thioether (sulfide) groups is 1. The number of hydrogen-bond acceptors (Lipinski definition) is 5. The number of unbranched alkanes of at least 4 members (excludes halogenated alkanes) is 3. The fourth-order valence-corrected chi connectivity index (χ4v) is 2.26. The molecule has 4 nitrogen and oxygen atoms in total. The van der Waals surface area contributed by atoms with Crippen molar-refractivity contribution in [2.75, 3.05) is 30.5 Å². The fraction of sp³-hybridized carbons (Fsp3) is 0.714. The Morgan fingerprint density at radius 2 is 2.00 bits per heavy atom. The van der Waals surface area contributed by atoms with Gasteiger partial charge in [0.2, 0.25) is 11.8 Å². The van der Waals surface area contributed by atoms with Crippen LogP contribution in [0.2, 0.25) is 0 Å². The first-order chi connectivity index (χ1) is 9.26. The SMILES string of the molecule is CCOc1cc(C)nc(NCCCCCCSC)n1. The molecule has 0 atom stereocenters. The number of nitrogens with zero attached hydrogens (tertiary/aromatic N) is 2. The van der Waals surface area contributed by atoms with Gasteiger partial charge in [0, 0.05) is 18.3 Å². The molecule has 0 aromatic carbocycles. The summed E-state index contributed by atoms with van der Waals surface area (Å²) in [6, 6.07) is 1.86. The lowest BCUT2D eigenvalue weighted by atomic mass is 10.2. The van der Waals surface area contributed by atoms with Crippen LogP contribution in [0.25, 0.3) is 0 Å². The van der Waals surface area contributed by atoms with Gasteiger partial charge in [0.25, 0.3) is 0 Å². The maximum Gasteiger partial charge on any atom is 0.226 e. The molecule has 0 aliphatic rings. The van der Waals surface area contributed by atoms with Crippen molar-refractivity contribution in [2.45, 2.75) is 39.5 Å². The van der Waals surface area contributed by atoms with Crippen molar-refractivity contribution in [3.05, 3.63) is 11.8 Å². The third-order valence-corrected chi connectivity index (χ3v) is 3.38. The highest BCUT2D eigenvalue weighted by molar-refractivity contribution is 7.98. The Morgan fingerprint density at radius 1 is 1.21 bits per heavy atom. The van der Waals surface area contributed by atoms with Gasteiger partial charge < -0.3 is 10.1 Å². The molecule has 108 valence electrons. The minimum atomic E-state index is 0.630. The van der Waals surface area contributed by atoms with Crippen molar-refractivity contribution in [2.24, 2.45) is 0 Å². The molecule has 1 N–H and O–H groups in total. The molecule has 0 bridgehead atoms. The Hall–Kier alpha value is -0.970. The molecule has 0 fully saturated rings. The summed E-state index contributed by atoms with van der Waals surface area (Å²) in [5, 5.41) is 3.27. The van der Waals surface area contributed by atoms with Crippen LogP contribution in [0.15, 0.2) is 6.07 Å². The van der Waals surface area contributed by atoms with Gasteiger partial charge in [-0.15, -0.1) is 0 Å². The van der Waals surface area contributed by atoms with Crippen LogP contribution in [0, 0.1) is 6.92 Å². The topological polar surface area (TPSA) is 47.0 Å². The van der Waals surface area contributed by atoms with Gasteiger partial charge in [-0.3, -0.25) is 0 Å². The van der Waals surface area contributed by atoms with Gasteiger partial charge in [-0.25, -0.2) is 4.98 Å². The van der Waals surface area contributed by atoms with Crippen LogP contribution in [-0.2, 0) is 0 Å². The van der Waals surface area contributed by atoms with Gasteiger partial charge in [0.1, 0.15) is 0 Å². The van der Waals surface area contributed by atoms with Crippen molar-refractivity contribution in [1.82, 2.24) is 9.97 Å². The van der Waals surface area contributed by atoms with Crippen molar-refractivity contribution in [1.29, 1.82) is 0 Å². The van der Waals surface area contributed by atoms with Crippen LogP contribution in [0.5, 0.6) is 5.88 Å². The molecule has 1 aromatic rings. The summed E-state index contributed by atoms with van der Waals surface area (Å²) < 4.78 is 5.41. The third kappa shape index (κ3) is 7.25. The van der Waals surface area contributed by atoms with Crippen LogP contribution in [-0.4, -0.2) is 35.1 Å². The monoisotopic (exact) mass is 283 g/mol. The summed E-state index contributed by atoms with van der Waals surface area (Å²) >= 11 is 1.92. The standard InChI is InChI=1S/C14H25N3OS/c1-4-18-13-11-12(2)16-14(17-13)15-9-7-5-6-8-10-19-3/h11H,4-10H2,1-3H3,(H,15,16,17). The second-order valence-corrected chi connectivity index (χ2v) is 5.42. The van der Waals surface area contributed by atoms with Gasteiger partial charge in [-0.1, -0.05) is 12.8 Å². The number of aromatic nitrogens is 2. The zero-order valence-electron chi connectivity index (χ0n) is 12.2. The maximum absolute atomic E-state index is 5.41. The van der Waals surface area contributed by atoms with E-state index < -0.39 is 0 Å². The van der Waals surface area contributed by atoms with E-state index in [1.165, 1.54) is 25.0 Å². The summed E-state index contributed by atoms with van der Waals surface area (Å²) in [6.45, 7) is 5.47. The summed E-state index contributed by atoms with van der Waals surface area (Å²) in [5.74, 6) is 2.59. The zero-order valence-corrected chi connectivity index (χ0v) is 13.1. The van der Waals surface area contributed by atoms with Gasteiger partial charge in [0.05, 0.1) is 6.61 Å². The molecule has 1 rings (SSSR count). The lowest BCUT2D eigenvalue weighted by Crippen LogP contribution is -2.07. The van der Waals surface area contributed by atoms with Gasteiger partial charge in [-0.05, 0) is 38.7 Å². The van der Waals surface area contributed by atoms with E-state index in [2.05, 4.69) is 21.5 Å². The van der Waals surface area contributed by atoms with Crippen LogP contribution in [0.4, 0.5) is 5.95 Å². The molecule has 0 saturated carbocycles. The van der Waals surface area contributed by atoms with Gasteiger partial charge >= 0.3 is 0 Å². The minimum absolute atomic E-state index is 0.630. The largest absolute Gasteiger partial charge is 0.478 e. The first kappa shape index (κ1) is 16.1. The molecule has 1 heterocycles. The van der Waals surface area contributed by atoms with E-state index in [4.69, 9.17) is 4.74 Å². The number of rotatable bonds is 10. The average molecular weight is 283 g/mol. The molecule has 0 saturated heterocycles. The predicted molar refractivity (Wildman–Crippen MR) is 83.3 cm³/mol. The highest BCUT2D eigenvalue weighted by Crippen LogP contribution is 2.12. The Balaban J connectivity index is 2.25. The minimum Gasteiger partial charge on any atom is -0.478 e. The second-order valence-electron chi connectivity index (χ2n) is 4.44. The van der Waals surface area contributed by atoms with E-state index in [1.54, 1.807) is 0 Å². The van der Waals surface area contributed by atoms with Crippen LogP contribution >= 0.6 is 11.8 Å². The number of hydrogen-bond donors (Lipinski definition) is 1. The maximum atomic E-state index is 5.41. The fourth-order valence-electron chi connectivity index (χ4n) is 1.77. The average Bonchev–Trinajstić information content (AvgIpc) is 2.37. The van der Waals surface area contributed by atoms with Crippen molar-refractivity contribution in [3.8, 4) is 5.88 Å². The van der Waals surface area contributed by atoms with E-state index in [0.717, 1.165) is 18.7 Å². The first-order valence-corrected chi connectivity index (χ1v) is 8.37. The van der Waals surface area contributed by atoms with E-state index in [0.29, 0.717) is 18.4 Å². The predicted octanol–water partition coefficient (Wildman–Crippen LogP) is 3.52. The quantitative estimate of drug-likeness (QED) is 0.666. The summed E-state index contributed by atoms with van der Waals surface area (Å²) in [5.41, 5.74) is 0.931. The molecule has 0 radical (unpaired) electrons. The molecule has 0 unspecified atom stereocenters. The Kier molecular flexibility index (Phi) is 8.38. The highest BCUT2D eigenvalue weighted by atomic mass is 32.2. The van der Waals surface area contributed by atoms with Gasteiger partial charge in [0.15, 0.2) is 0 Å². The molecule has 0 spiro atoms. The lowest BCUT2D eigenvalue weighted by molar-refractivity contribution is 0.326. The summed E-state index contributed by atoms with van der Waals surface area (Å²) in [7, 11) is 0. The molecule has 0 amide bonds. The van der Waals surface area contributed by atoms with Crippen LogP contribution in [0.1, 0.15) is 38.3 Å². The van der Waals surface area contributed by atoms with Crippen LogP contribution < -0.4 is 10.1 Å². The lowest BCUT2D eigenvalue weighted by Gasteiger charge is -2.08. The molecule has 19 heavy (non-hydrogen) atoms. The van der Waals surface area contributed by atoms with Crippen molar-refractivity contribution >= 4 is 17.7 Å². The van der Waals surface area contributed by atoms with E-state index in [9.17, 15) is 0 Å². The second kappa shape index (κ2) is 9.89. The Morgan fingerprint density at radius 3 is 2.74 bits per heavy atom. The molecule has 0 aliphatic heterocycles. The first-order valence-electron chi connectivity index (χ1n) is 6.97. The summed E-state index contributed by atoms with van der Waals surface area (Å²) in [6.07, 6.45) is 7.21. The smallest absolute Gasteiger partial charge is 0.226 e. The van der Waals surface area contributed by atoms with E-state index >= 15 is 0 Å². The normalized spacial score (nSPS) is 10.5. The molecular weight excluding hydrogens is 258 g/mol. The van der Waals surface area contributed by atoms with Crippen molar-refractivity contribution < 1.29 is 4.74 Å². The van der Waals surface area contributed by atoms with Crippen molar-refractivity contribution in [3.63, 3.8) is 0 Å².